The molecule has 0 aliphatic rings. The molecule has 0 saturated carbocycles. The van der Waals surface area contributed by atoms with Gasteiger partial charge in [-0.15, -0.1) is 0 Å². The van der Waals surface area contributed by atoms with Gasteiger partial charge in [0.15, 0.2) is 0 Å². The van der Waals surface area contributed by atoms with Gasteiger partial charge in [-0.05, 0) is 45.6 Å². The Kier molecular flexibility index (Phi) is 3.85. The first-order chi connectivity index (χ1) is 8.96. The predicted molar refractivity (Wildman–Crippen MR) is 79.6 cm³/mol. The van der Waals surface area contributed by atoms with Crippen molar-refractivity contribution < 1.29 is 0 Å². The van der Waals surface area contributed by atoms with Crippen LogP contribution in [0.4, 0.5) is 0 Å². The second-order valence-electron chi connectivity index (χ2n) is 5.61. The number of hydrogen-bond donors (Lipinski definition) is 2. The molecule has 0 radical (unpaired) electrons. The number of nitrogens with zero attached hydrogens (tertiary/aromatic N) is 2. The highest BCUT2D eigenvalue weighted by atomic mass is 15.3. The SMILES string of the molecule is CN(C)C(C)(C)C(NN)c1cnc2ccccc2c1. The quantitative estimate of drug-likeness (QED) is 0.651. The van der Waals surface area contributed by atoms with Crippen LogP contribution in [0, 0.1) is 0 Å². The maximum atomic E-state index is 5.77. The highest BCUT2D eigenvalue weighted by molar-refractivity contribution is 5.78. The molecule has 1 aromatic carbocycles. The van der Waals surface area contributed by atoms with Crippen molar-refractivity contribution in [1.82, 2.24) is 15.3 Å². The normalized spacial score (nSPS) is 14.0. The molecule has 0 aliphatic heterocycles. The van der Waals surface area contributed by atoms with Crippen LogP contribution in [-0.2, 0) is 0 Å². The average molecular weight is 258 g/mol. The van der Waals surface area contributed by atoms with E-state index in [4.69, 9.17) is 5.84 Å². The molecule has 102 valence electrons. The molecule has 2 rings (SSSR count). The molecule has 1 atom stereocenters. The lowest BCUT2D eigenvalue weighted by Crippen LogP contribution is -2.51. The minimum absolute atomic E-state index is 0.0135. The highest BCUT2D eigenvalue weighted by Crippen LogP contribution is 2.29. The van der Waals surface area contributed by atoms with Crippen molar-refractivity contribution in [1.29, 1.82) is 0 Å². The number of rotatable bonds is 4. The zero-order chi connectivity index (χ0) is 14.0. The molecule has 0 amide bonds. The van der Waals surface area contributed by atoms with E-state index >= 15 is 0 Å². The number of benzene rings is 1. The van der Waals surface area contributed by atoms with E-state index < -0.39 is 0 Å². The smallest absolute Gasteiger partial charge is 0.0702 e. The molecule has 1 heterocycles. The Hall–Kier alpha value is -1.49. The topological polar surface area (TPSA) is 54.2 Å². The van der Waals surface area contributed by atoms with Gasteiger partial charge in [0.25, 0.3) is 0 Å². The fraction of sp³-hybridized carbons (Fsp3) is 0.400. The molecular weight excluding hydrogens is 236 g/mol. The van der Waals surface area contributed by atoms with Crippen LogP contribution >= 0.6 is 0 Å². The molecule has 1 aromatic heterocycles. The van der Waals surface area contributed by atoms with E-state index in [1.54, 1.807) is 0 Å². The van der Waals surface area contributed by atoms with Crippen molar-refractivity contribution in [3.63, 3.8) is 0 Å². The Morgan fingerprint density at radius 3 is 2.58 bits per heavy atom. The number of nitrogens with one attached hydrogen (secondary N) is 1. The number of likely N-dealkylation sites (N-methyl/N-ethyl adjacent to an activating group) is 1. The van der Waals surface area contributed by atoms with Crippen molar-refractivity contribution >= 4 is 10.9 Å². The van der Waals surface area contributed by atoms with Crippen LogP contribution in [0.1, 0.15) is 25.5 Å². The van der Waals surface area contributed by atoms with Crippen LogP contribution in [0.5, 0.6) is 0 Å². The molecule has 3 N–H and O–H groups in total. The van der Waals surface area contributed by atoms with Crippen LogP contribution in [0.15, 0.2) is 36.5 Å². The van der Waals surface area contributed by atoms with Gasteiger partial charge >= 0.3 is 0 Å². The molecule has 1 unspecified atom stereocenters. The highest BCUT2D eigenvalue weighted by Gasteiger charge is 2.32. The molecule has 0 bridgehead atoms. The van der Waals surface area contributed by atoms with E-state index in [1.165, 1.54) is 0 Å². The number of hydrogen-bond acceptors (Lipinski definition) is 4. The second-order valence-corrected chi connectivity index (χ2v) is 5.61. The maximum Gasteiger partial charge on any atom is 0.0702 e. The molecular formula is C15H22N4. The molecule has 0 spiro atoms. The molecule has 2 aromatic rings. The van der Waals surface area contributed by atoms with Gasteiger partial charge in [0.1, 0.15) is 0 Å². The van der Waals surface area contributed by atoms with Gasteiger partial charge in [-0.3, -0.25) is 16.3 Å². The summed E-state index contributed by atoms with van der Waals surface area (Å²) in [4.78, 5) is 6.67. The summed E-state index contributed by atoms with van der Waals surface area (Å²) in [5.41, 5.74) is 4.91. The maximum absolute atomic E-state index is 5.77. The van der Waals surface area contributed by atoms with Crippen LogP contribution in [-0.4, -0.2) is 29.5 Å². The summed E-state index contributed by atoms with van der Waals surface area (Å²) in [6.45, 7) is 4.32. The van der Waals surface area contributed by atoms with Gasteiger partial charge in [-0.2, -0.15) is 0 Å². The fourth-order valence-electron chi connectivity index (χ4n) is 2.21. The molecule has 0 saturated heterocycles. The lowest BCUT2D eigenvalue weighted by atomic mass is 9.88. The minimum atomic E-state index is -0.112. The first-order valence-electron chi connectivity index (χ1n) is 6.45. The number of fused-ring (bicyclic) bond motifs is 1. The third-order valence-corrected chi connectivity index (χ3v) is 3.97. The number of para-hydroxylation sites is 1. The van der Waals surface area contributed by atoms with E-state index in [9.17, 15) is 0 Å². The Balaban J connectivity index is 2.46. The molecule has 0 aliphatic carbocycles. The van der Waals surface area contributed by atoms with E-state index in [0.29, 0.717) is 0 Å². The van der Waals surface area contributed by atoms with Gasteiger partial charge in [0.05, 0.1) is 11.6 Å². The van der Waals surface area contributed by atoms with Gasteiger partial charge in [0, 0.05) is 17.1 Å². The van der Waals surface area contributed by atoms with E-state index in [1.807, 2.05) is 24.4 Å². The molecule has 4 heteroatoms. The predicted octanol–water partition coefficient (Wildman–Crippen LogP) is 2.08. The summed E-state index contributed by atoms with van der Waals surface area (Å²) in [6.07, 6.45) is 1.90. The van der Waals surface area contributed by atoms with Gasteiger partial charge in [-0.25, -0.2) is 0 Å². The van der Waals surface area contributed by atoms with Crippen molar-refractivity contribution in [2.75, 3.05) is 14.1 Å². The summed E-state index contributed by atoms with van der Waals surface area (Å²) in [6, 6.07) is 10.3. The number of hydrazine groups is 1. The second kappa shape index (κ2) is 5.25. The lowest BCUT2D eigenvalue weighted by Gasteiger charge is -2.39. The zero-order valence-electron chi connectivity index (χ0n) is 12.0. The van der Waals surface area contributed by atoms with Crippen LogP contribution in [0.2, 0.25) is 0 Å². The fourth-order valence-corrected chi connectivity index (χ4v) is 2.21. The lowest BCUT2D eigenvalue weighted by molar-refractivity contribution is 0.138. The van der Waals surface area contributed by atoms with E-state index in [-0.39, 0.29) is 11.6 Å². The summed E-state index contributed by atoms with van der Waals surface area (Å²) >= 11 is 0. The summed E-state index contributed by atoms with van der Waals surface area (Å²) in [5, 5.41) is 1.13. The number of nitrogens with two attached hydrogens (primary N) is 1. The average Bonchev–Trinajstić information content (AvgIpc) is 2.39. The van der Waals surface area contributed by atoms with Crippen molar-refractivity contribution in [3.8, 4) is 0 Å². The Bertz CT molecular complexity index is 563. The van der Waals surface area contributed by atoms with E-state index in [2.05, 4.69) is 55.4 Å². The third kappa shape index (κ3) is 2.61. The molecule has 19 heavy (non-hydrogen) atoms. The Morgan fingerprint density at radius 2 is 1.95 bits per heavy atom. The van der Waals surface area contributed by atoms with Gasteiger partial charge in [-0.1, -0.05) is 18.2 Å². The zero-order valence-corrected chi connectivity index (χ0v) is 12.0. The van der Waals surface area contributed by atoms with Crippen molar-refractivity contribution in [2.45, 2.75) is 25.4 Å². The first kappa shape index (κ1) is 13.9. The van der Waals surface area contributed by atoms with Crippen LogP contribution in [0.3, 0.4) is 0 Å². The minimum Gasteiger partial charge on any atom is -0.302 e. The van der Waals surface area contributed by atoms with Crippen LogP contribution in [0.25, 0.3) is 10.9 Å². The van der Waals surface area contributed by atoms with Crippen molar-refractivity contribution in [3.05, 3.63) is 42.1 Å². The molecule has 0 fully saturated rings. The van der Waals surface area contributed by atoms with Gasteiger partial charge in [0.2, 0.25) is 0 Å². The Labute approximate surface area is 114 Å². The first-order valence-corrected chi connectivity index (χ1v) is 6.45. The summed E-state index contributed by atoms with van der Waals surface area (Å²) < 4.78 is 0. The number of pyridine rings is 1. The summed E-state index contributed by atoms with van der Waals surface area (Å²) in [7, 11) is 4.11. The van der Waals surface area contributed by atoms with Crippen LogP contribution < -0.4 is 11.3 Å². The van der Waals surface area contributed by atoms with Gasteiger partial charge < -0.3 is 4.90 Å². The summed E-state index contributed by atoms with van der Waals surface area (Å²) in [5.74, 6) is 5.77. The standard InChI is InChI=1S/C15H22N4/c1-15(2,19(3)4)14(18-16)12-9-11-7-5-6-8-13(11)17-10-12/h5-10,14,18H,16H2,1-4H3. The monoisotopic (exact) mass is 258 g/mol. The number of aromatic nitrogens is 1. The Morgan fingerprint density at radius 1 is 1.26 bits per heavy atom. The van der Waals surface area contributed by atoms with E-state index in [0.717, 1.165) is 16.5 Å². The molecule has 4 nitrogen and oxygen atoms in total. The van der Waals surface area contributed by atoms with Crippen molar-refractivity contribution in [2.24, 2.45) is 5.84 Å². The third-order valence-electron chi connectivity index (χ3n) is 3.97. The largest absolute Gasteiger partial charge is 0.302 e.